The third-order valence-corrected chi connectivity index (χ3v) is 2.47. The summed E-state index contributed by atoms with van der Waals surface area (Å²) in [5, 5.41) is 19.7. The van der Waals surface area contributed by atoms with Crippen LogP contribution in [0.3, 0.4) is 0 Å². The maximum absolute atomic E-state index is 11.7. The van der Waals surface area contributed by atoms with E-state index in [1.54, 1.807) is 12.1 Å². The molecule has 0 saturated heterocycles. The van der Waals surface area contributed by atoms with Crippen molar-refractivity contribution in [2.24, 2.45) is 0 Å². The first-order chi connectivity index (χ1) is 9.38. The minimum absolute atomic E-state index is 0.100. The highest BCUT2D eigenvalue weighted by molar-refractivity contribution is 5.85. The third-order valence-electron chi connectivity index (χ3n) is 2.47. The second-order valence-corrected chi connectivity index (χ2v) is 4.15. The quantitative estimate of drug-likeness (QED) is 0.534. The summed E-state index contributed by atoms with van der Waals surface area (Å²) in [6.07, 6.45) is 0.780. The van der Waals surface area contributed by atoms with Gasteiger partial charge < -0.3 is 21.3 Å². The smallest absolute Gasteiger partial charge is 0.326 e. The number of aliphatic carboxylic acids is 2. The van der Waals surface area contributed by atoms with Crippen LogP contribution in [0.4, 0.5) is 5.69 Å². The first-order valence-electron chi connectivity index (χ1n) is 5.83. The van der Waals surface area contributed by atoms with Crippen LogP contribution in [0.1, 0.15) is 18.5 Å². The molecule has 5 N–H and O–H groups in total. The SMILES string of the molecule is Nc1ccc(CC(=O)NC(CCC(=O)O)C(=O)O)nc1. The zero-order valence-electron chi connectivity index (χ0n) is 10.6. The summed E-state index contributed by atoms with van der Waals surface area (Å²) in [5.74, 6) is -2.93. The molecule has 0 aliphatic heterocycles. The van der Waals surface area contributed by atoms with Gasteiger partial charge in [-0.15, -0.1) is 0 Å². The van der Waals surface area contributed by atoms with Crippen LogP contribution in [0.2, 0.25) is 0 Å². The monoisotopic (exact) mass is 281 g/mol. The number of amides is 1. The van der Waals surface area contributed by atoms with E-state index < -0.39 is 23.9 Å². The fourth-order valence-electron chi connectivity index (χ4n) is 1.48. The molecule has 0 radical (unpaired) electrons. The van der Waals surface area contributed by atoms with Crippen molar-refractivity contribution in [2.45, 2.75) is 25.3 Å². The van der Waals surface area contributed by atoms with E-state index in [1.165, 1.54) is 6.20 Å². The molecule has 8 heteroatoms. The first-order valence-corrected chi connectivity index (χ1v) is 5.83. The number of hydrogen-bond donors (Lipinski definition) is 4. The molecule has 20 heavy (non-hydrogen) atoms. The Balaban J connectivity index is 2.55. The van der Waals surface area contributed by atoms with Crippen molar-refractivity contribution in [3.8, 4) is 0 Å². The Labute approximate surface area is 114 Å². The van der Waals surface area contributed by atoms with Gasteiger partial charge in [-0.05, 0) is 18.6 Å². The number of nitrogens with one attached hydrogen (secondary N) is 1. The van der Waals surface area contributed by atoms with Crippen molar-refractivity contribution >= 4 is 23.5 Å². The Bertz CT molecular complexity index is 500. The van der Waals surface area contributed by atoms with E-state index in [1.807, 2.05) is 0 Å². The van der Waals surface area contributed by atoms with Gasteiger partial charge in [0.2, 0.25) is 5.91 Å². The predicted molar refractivity (Wildman–Crippen MR) is 68.8 cm³/mol. The van der Waals surface area contributed by atoms with E-state index >= 15 is 0 Å². The number of carboxylic acid groups (broad SMARTS) is 2. The Morgan fingerprint density at radius 3 is 2.50 bits per heavy atom. The van der Waals surface area contributed by atoms with Crippen LogP contribution in [-0.4, -0.2) is 39.1 Å². The largest absolute Gasteiger partial charge is 0.481 e. The molecule has 108 valence electrons. The molecule has 0 spiro atoms. The summed E-state index contributed by atoms with van der Waals surface area (Å²) >= 11 is 0. The molecule has 1 rings (SSSR count). The summed E-state index contributed by atoms with van der Waals surface area (Å²) in [4.78, 5) is 36.9. The van der Waals surface area contributed by atoms with Crippen LogP contribution in [-0.2, 0) is 20.8 Å². The van der Waals surface area contributed by atoms with Crippen LogP contribution < -0.4 is 11.1 Å². The number of anilines is 1. The van der Waals surface area contributed by atoms with E-state index in [0.29, 0.717) is 11.4 Å². The van der Waals surface area contributed by atoms with E-state index in [4.69, 9.17) is 15.9 Å². The lowest BCUT2D eigenvalue weighted by atomic mass is 10.1. The molecule has 0 fully saturated rings. The Morgan fingerprint density at radius 2 is 2.00 bits per heavy atom. The lowest BCUT2D eigenvalue weighted by Gasteiger charge is -2.13. The number of nitrogen functional groups attached to an aromatic ring is 1. The second-order valence-electron chi connectivity index (χ2n) is 4.15. The van der Waals surface area contributed by atoms with Crippen molar-refractivity contribution in [3.63, 3.8) is 0 Å². The van der Waals surface area contributed by atoms with Gasteiger partial charge in [-0.3, -0.25) is 14.6 Å². The van der Waals surface area contributed by atoms with Gasteiger partial charge in [-0.25, -0.2) is 4.79 Å². The van der Waals surface area contributed by atoms with Gasteiger partial charge in [0, 0.05) is 12.1 Å². The molecule has 0 aliphatic carbocycles. The zero-order chi connectivity index (χ0) is 15.1. The number of carbonyl (C=O) groups is 3. The lowest BCUT2D eigenvalue weighted by Crippen LogP contribution is -2.41. The number of nitrogens with zero attached hydrogens (tertiary/aromatic N) is 1. The Morgan fingerprint density at radius 1 is 1.30 bits per heavy atom. The molecular formula is C12H15N3O5. The summed E-state index contributed by atoms with van der Waals surface area (Å²) in [6, 6.07) is 1.91. The molecule has 0 aliphatic rings. The highest BCUT2D eigenvalue weighted by Crippen LogP contribution is 2.03. The molecule has 1 aromatic rings. The predicted octanol–water partition coefficient (Wildman–Crippen LogP) is -0.360. The molecule has 0 saturated carbocycles. The van der Waals surface area contributed by atoms with Gasteiger partial charge in [0.15, 0.2) is 0 Å². The van der Waals surface area contributed by atoms with Crippen LogP contribution in [0.25, 0.3) is 0 Å². The zero-order valence-corrected chi connectivity index (χ0v) is 10.6. The van der Waals surface area contributed by atoms with Crippen LogP contribution in [0.15, 0.2) is 18.3 Å². The third kappa shape index (κ3) is 5.34. The number of hydrogen-bond acceptors (Lipinski definition) is 5. The average molecular weight is 281 g/mol. The first kappa shape index (κ1) is 15.4. The summed E-state index contributed by atoms with van der Waals surface area (Å²) in [5.41, 5.74) is 6.35. The number of carboxylic acids is 2. The highest BCUT2D eigenvalue weighted by Gasteiger charge is 2.21. The fraction of sp³-hybridized carbons (Fsp3) is 0.333. The molecule has 1 atom stereocenters. The van der Waals surface area contributed by atoms with E-state index in [9.17, 15) is 14.4 Å². The second kappa shape index (κ2) is 7.07. The summed E-state index contributed by atoms with van der Waals surface area (Å²) < 4.78 is 0. The van der Waals surface area contributed by atoms with Crippen LogP contribution in [0, 0.1) is 0 Å². The van der Waals surface area contributed by atoms with E-state index in [-0.39, 0.29) is 19.3 Å². The molecule has 0 aromatic carbocycles. The van der Waals surface area contributed by atoms with E-state index in [0.717, 1.165) is 0 Å². The number of aromatic nitrogens is 1. The molecule has 1 amide bonds. The lowest BCUT2D eigenvalue weighted by molar-refractivity contribution is -0.143. The number of pyridine rings is 1. The van der Waals surface area contributed by atoms with Crippen molar-refractivity contribution in [1.29, 1.82) is 0 Å². The molecule has 8 nitrogen and oxygen atoms in total. The van der Waals surface area contributed by atoms with Crippen LogP contribution >= 0.6 is 0 Å². The minimum atomic E-state index is -1.27. The normalized spacial score (nSPS) is 11.6. The van der Waals surface area contributed by atoms with Gasteiger partial charge in [0.05, 0.1) is 18.3 Å². The van der Waals surface area contributed by atoms with Crippen molar-refractivity contribution < 1.29 is 24.6 Å². The van der Waals surface area contributed by atoms with Gasteiger partial charge >= 0.3 is 11.9 Å². The number of carbonyl (C=O) groups excluding carboxylic acids is 1. The van der Waals surface area contributed by atoms with Gasteiger partial charge in [0.1, 0.15) is 6.04 Å². The van der Waals surface area contributed by atoms with Crippen molar-refractivity contribution in [1.82, 2.24) is 10.3 Å². The Hall–Kier alpha value is -2.64. The molecule has 1 unspecified atom stereocenters. The van der Waals surface area contributed by atoms with Crippen LogP contribution in [0.5, 0.6) is 0 Å². The highest BCUT2D eigenvalue weighted by atomic mass is 16.4. The van der Waals surface area contributed by atoms with Crippen molar-refractivity contribution in [2.75, 3.05) is 5.73 Å². The minimum Gasteiger partial charge on any atom is -0.481 e. The Kier molecular flexibility index (Phi) is 5.45. The molecule has 1 heterocycles. The summed E-state index contributed by atoms with van der Waals surface area (Å²) in [6.45, 7) is 0. The number of rotatable bonds is 7. The molecule has 1 aromatic heterocycles. The fourth-order valence-corrected chi connectivity index (χ4v) is 1.48. The standard InChI is InChI=1S/C12H15N3O5/c13-7-1-2-8(14-6-7)5-10(16)15-9(12(19)20)3-4-11(17)18/h1-2,6,9H,3-5,13H2,(H,15,16)(H,17,18)(H,19,20). The van der Waals surface area contributed by atoms with E-state index in [2.05, 4.69) is 10.3 Å². The molecular weight excluding hydrogens is 266 g/mol. The van der Waals surface area contributed by atoms with Crippen molar-refractivity contribution in [3.05, 3.63) is 24.0 Å². The topological polar surface area (TPSA) is 143 Å². The maximum Gasteiger partial charge on any atom is 0.326 e. The average Bonchev–Trinajstić information content (AvgIpc) is 2.36. The maximum atomic E-state index is 11.7. The van der Waals surface area contributed by atoms with Gasteiger partial charge in [-0.1, -0.05) is 0 Å². The molecule has 0 bridgehead atoms. The summed E-state index contributed by atoms with van der Waals surface area (Å²) in [7, 11) is 0. The van der Waals surface area contributed by atoms with Gasteiger partial charge in [-0.2, -0.15) is 0 Å². The number of nitrogens with two attached hydrogens (primary N) is 1. The van der Waals surface area contributed by atoms with Gasteiger partial charge in [0.25, 0.3) is 0 Å².